The van der Waals surface area contributed by atoms with Crippen LogP contribution in [0, 0.1) is 0 Å². The zero-order valence-corrected chi connectivity index (χ0v) is 8.59. The highest BCUT2D eigenvalue weighted by Gasteiger charge is 2.23. The molecule has 0 bridgehead atoms. The summed E-state index contributed by atoms with van der Waals surface area (Å²) in [4.78, 5) is 16.4. The minimum absolute atomic E-state index is 0.0498. The van der Waals surface area contributed by atoms with E-state index in [1.165, 1.54) is 0 Å². The van der Waals surface area contributed by atoms with Gasteiger partial charge in [-0.25, -0.2) is 0 Å². The first kappa shape index (κ1) is 9.84. The zero-order valence-electron chi connectivity index (χ0n) is 8.59. The normalized spacial score (nSPS) is 11.4. The Balaban J connectivity index is 2.81. The van der Waals surface area contributed by atoms with Crippen LogP contribution >= 0.6 is 0 Å². The summed E-state index contributed by atoms with van der Waals surface area (Å²) < 4.78 is 0. The molecule has 1 aromatic rings. The summed E-state index contributed by atoms with van der Waals surface area (Å²) >= 11 is 0. The highest BCUT2D eigenvalue weighted by molar-refractivity contribution is 5.94. The molecule has 0 spiro atoms. The van der Waals surface area contributed by atoms with Crippen LogP contribution in [-0.2, 0) is 0 Å². The summed E-state index contributed by atoms with van der Waals surface area (Å²) in [5.41, 5.74) is 0.575. The molecule has 1 heterocycles. The molecule has 0 unspecified atom stereocenters. The minimum atomic E-state index is -0.131. The lowest BCUT2D eigenvalue weighted by Gasteiger charge is -2.31. The number of hydrogen-bond donors (Lipinski definition) is 1. The van der Waals surface area contributed by atoms with Gasteiger partial charge < -0.3 is 9.88 Å². The Morgan fingerprint density at radius 1 is 1.46 bits per heavy atom. The molecule has 0 aliphatic rings. The van der Waals surface area contributed by atoms with E-state index < -0.39 is 0 Å². The fourth-order valence-corrected chi connectivity index (χ4v) is 0.955. The summed E-state index contributed by atoms with van der Waals surface area (Å²) in [7, 11) is 1.81. The molecule has 0 aliphatic heterocycles. The second-order valence-electron chi connectivity index (χ2n) is 4.13. The number of amides is 1. The Bertz CT molecular complexity index is 282. The van der Waals surface area contributed by atoms with Crippen molar-refractivity contribution >= 4 is 5.91 Å². The first-order valence-electron chi connectivity index (χ1n) is 4.34. The van der Waals surface area contributed by atoms with Gasteiger partial charge in [-0.15, -0.1) is 0 Å². The summed E-state index contributed by atoms with van der Waals surface area (Å²) in [6, 6.07) is 1.78. The molecule has 72 valence electrons. The smallest absolute Gasteiger partial charge is 0.255 e. The molecule has 0 aromatic carbocycles. The first-order chi connectivity index (χ1) is 5.93. The van der Waals surface area contributed by atoms with Crippen molar-refractivity contribution in [1.29, 1.82) is 0 Å². The van der Waals surface area contributed by atoms with Crippen LogP contribution < -0.4 is 0 Å². The van der Waals surface area contributed by atoms with Gasteiger partial charge in [-0.2, -0.15) is 0 Å². The lowest BCUT2D eigenvalue weighted by Crippen LogP contribution is -2.42. The molecule has 3 heteroatoms. The quantitative estimate of drug-likeness (QED) is 0.703. The molecule has 0 atom stereocenters. The van der Waals surface area contributed by atoms with Gasteiger partial charge in [0, 0.05) is 25.0 Å². The average Bonchev–Trinajstić information content (AvgIpc) is 2.51. The van der Waals surface area contributed by atoms with Crippen molar-refractivity contribution in [2.24, 2.45) is 0 Å². The largest absolute Gasteiger partial charge is 0.367 e. The summed E-state index contributed by atoms with van der Waals surface area (Å²) in [6.45, 7) is 6.03. The third kappa shape index (κ3) is 2.11. The molecule has 0 aliphatic carbocycles. The number of hydrogen-bond acceptors (Lipinski definition) is 1. The number of rotatable bonds is 1. The number of carbonyl (C=O) groups is 1. The number of H-pyrrole nitrogens is 1. The molecular weight excluding hydrogens is 164 g/mol. The Hall–Kier alpha value is -1.25. The highest BCUT2D eigenvalue weighted by atomic mass is 16.2. The number of nitrogens with zero attached hydrogens (tertiary/aromatic N) is 1. The topological polar surface area (TPSA) is 36.1 Å². The Morgan fingerprint density at radius 2 is 2.08 bits per heavy atom. The van der Waals surface area contributed by atoms with Crippen molar-refractivity contribution in [2.75, 3.05) is 7.05 Å². The van der Waals surface area contributed by atoms with Crippen molar-refractivity contribution in [1.82, 2.24) is 9.88 Å². The van der Waals surface area contributed by atoms with Crippen LogP contribution in [-0.4, -0.2) is 28.4 Å². The molecule has 1 rings (SSSR count). The molecular formula is C10H16N2O. The zero-order chi connectivity index (χ0) is 10.1. The van der Waals surface area contributed by atoms with E-state index in [1.54, 1.807) is 23.4 Å². The van der Waals surface area contributed by atoms with Gasteiger partial charge in [0.2, 0.25) is 0 Å². The maximum absolute atomic E-state index is 11.8. The maximum Gasteiger partial charge on any atom is 0.255 e. The predicted molar refractivity (Wildman–Crippen MR) is 52.6 cm³/mol. The first-order valence-corrected chi connectivity index (χ1v) is 4.34. The van der Waals surface area contributed by atoms with Crippen molar-refractivity contribution < 1.29 is 4.79 Å². The fourth-order valence-electron chi connectivity index (χ4n) is 0.955. The monoisotopic (exact) mass is 180 g/mol. The second kappa shape index (κ2) is 3.24. The fraction of sp³-hybridized carbons (Fsp3) is 0.500. The van der Waals surface area contributed by atoms with Gasteiger partial charge in [0.1, 0.15) is 0 Å². The van der Waals surface area contributed by atoms with Gasteiger partial charge in [0.25, 0.3) is 5.91 Å². The number of aromatic amines is 1. The third-order valence-electron chi connectivity index (χ3n) is 2.16. The van der Waals surface area contributed by atoms with E-state index in [1.807, 2.05) is 27.8 Å². The molecule has 0 saturated carbocycles. The average molecular weight is 180 g/mol. The standard InChI is InChI=1S/C10H16N2O/c1-10(2,3)12(4)9(13)8-5-6-11-7-8/h5-7,11H,1-4H3. The Morgan fingerprint density at radius 3 is 2.46 bits per heavy atom. The van der Waals surface area contributed by atoms with Crippen LogP contribution in [0.15, 0.2) is 18.5 Å². The highest BCUT2D eigenvalue weighted by Crippen LogP contribution is 2.14. The van der Waals surface area contributed by atoms with Gasteiger partial charge >= 0.3 is 0 Å². The second-order valence-corrected chi connectivity index (χ2v) is 4.13. The van der Waals surface area contributed by atoms with E-state index in [0.717, 1.165) is 0 Å². The predicted octanol–water partition coefficient (Wildman–Crippen LogP) is 1.89. The Labute approximate surface area is 78.8 Å². The molecule has 13 heavy (non-hydrogen) atoms. The van der Waals surface area contributed by atoms with Gasteiger partial charge in [-0.05, 0) is 26.8 Å². The number of aromatic nitrogens is 1. The number of carbonyl (C=O) groups excluding carboxylic acids is 1. The molecule has 1 aromatic heterocycles. The third-order valence-corrected chi connectivity index (χ3v) is 2.16. The van der Waals surface area contributed by atoms with Crippen LogP contribution in [0.4, 0.5) is 0 Å². The van der Waals surface area contributed by atoms with Crippen LogP contribution in [0.3, 0.4) is 0 Å². The van der Waals surface area contributed by atoms with E-state index in [4.69, 9.17) is 0 Å². The van der Waals surface area contributed by atoms with Crippen molar-refractivity contribution in [3.8, 4) is 0 Å². The Kier molecular flexibility index (Phi) is 2.45. The van der Waals surface area contributed by atoms with E-state index in [2.05, 4.69) is 4.98 Å². The molecule has 1 N–H and O–H groups in total. The molecule has 0 saturated heterocycles. The van der Waals surface area contributed by atoms with Gasteiger partial charge in [0.15, 0.2) is 0 Å². The van der Waals surface area contributed by atoms with Crippen molar-refractivity contribution in [3.05, 3.63) is 24.0 Å². The van der Waals surface area contributed by atoms with Gasteiger partial charge in [-0.1, -0.05) is 0 Å². The number of nitrogens with one attached hydrogen (secondary N) is 1. The molecule has 0 radical (unpaired) electrons. The van der Waals surface area contributed by atoms with Crippen molar-refractivity contribution in [3.63, 3.8) is 0 Å². The van der Waals surface area contributed by atoms with Crippen LogP contribution in [0.1, 0.15) is 31.1 Å². The lowest BCUT2D eigenvalue weighted by molar-refractivity contribution is 0.0656. The van der Waals surface area contributed by atoms with E-state index in [-0.39, 0.29) is 11.4 Å². The van der Waals surface area contributed by atoms with Gasteiger partial charge in [-0.3, -0.25) is 4.79 Å². The minimum Gasteiger partial charge on any atom is -0.367 e. The van der Waals surface area contributed by atoms with E-state index in [9.17, 15) is 4.79 Å². The summed E-state index contributed by atoms with van der Waals surface area (Å²) in [5, 5.41) is 0. The lowest BCUT2D eigenvalue weighted by atomic mass is 10.1. The molecule has 3 nitrogen and oxygen atoms in total. The van der Waals surface area contributed by atoms with Crippen LogP contribution in [0.5, 0.6) is 0 Å². The maximum atomic E-state index is 11.8. The van der Waals surface area contributed by atoms with E-state index >= 15 is 0 Å². The summed E-state index contributed by atoms with van der Waals surface area (Å²) in [5.74, 6) is 0.0498. The van der Waals surface area contributed by atoms with E-state index in [0.29, 0.717) is 5.56 Å². The van der Waals surface area contributed by atoms with Crippen LogP contribution in [0.25, 0.3) is 0 Å². The van der Waals surface area contributed by atoms with Gasteiger partial charge in [0.05, 0.1) is 5.56 Å². The summed E-state index contributed by atoms with van der Waals surface area (Å²) in [6.07, 6.45) is 3.47. The van der Waals surface area contributed by atoms with Crippen molar-refractivity contribution in [2.45, 2.75) is 26.3 Å². The molecule has 1 amide bonds. The molecule has 0 fully saturated rings. The SMILES string of the molecule is CN(C(=O)c1cc[nH]c1)C(C)(C)C. The van der Waals surface area contributed by atoms with Crippen LogP contribution in [0.2, 0.25) is 0 Å².